The van der Waals surface area contributed by atoms with Gasteiger partial charge in [0.25, 0.3) is 0 Å². The third-order valence-corrected chi connectivity index (χ3v) is 10.0. The second-order valence-electron chi connectivity index (χ2n) is 7.22. The van der Waals surface area contributed by atoms with Gasteiger partial charge in [-0.15, -0.1) is 0 Å². The van der Waals surface area contributed by atoms with Crippen LogP contribution in [-0.2, 0) is 14.6 Å². The monoisotopic (exact) mass is 465 g/mol. The van der Waals surface area contributed by atoms with Gasteiger partial charge in [-0.1, -0.05) is 91.0 Å². The van der Waals surface area contributed by atoms with E-state index in [9.17, 15) is 17.4 Å². The number of hydrogen-bond donors (Lipinski definition) is 1. The molecule has 0 saturated carbocycles. The van der Waals surface area contributed by atoms with Crippen LogP contribution in [0, 0.1) is 5.82 Å². The summed E-state index contributed by atoms with van der Waals surface area (Å²) in [5.41, 5.74) is 0.405. The molecule has 0 aliphatic heterocycles. The van der Waals surface area contributed by atoms with Gasteiger partial charge in [0.05, 0.1) is 4.90 Å². The minimum atomic E-state index is -4.03. The standard InChI is InChI=1S/C25H21FNO3PS/c26-21-18-16-20(17-19-21)25(27-32(29,30)24-14-8-3-9-15-24)31(28,22-10-4-1-5-11-22)23-12-6-2-7-13-23/h1-19,25,27H/t25-/m1/s1. The molecule has 1 N–H and O–H groups in total. The highest BCUT2D eigenvalue weighted by Crippen LogP contribution is 2.56. The van der Waals surface area contributed by atoms with Crippen LogP contribution in [0.2, 0.25) is 0 Å². The molecule has 32 heavy (non-hydrogen) atoms. The first kappa shape index (κ1) is 22.2. The third kappa shape index (κ3) is 4.44. The molecule has 4 aromatic carbocycles. The van der Waals surface area contributed by atoms with Crippen LogP contribution in [0.1, 0.15) is 11.3 Å². The first-order valence-electron chi connectivity index (χ1n) is 9.95. The topological polar surface area (TPSA) is 63.2 Å². The van der Waals surface area contributed by atoms with E-state index in [2.05, 4.69) is 4.72 Å². The first-order chi connectivity index (χ1) is 15.4. The average Bonchev–Trinajstić information content (AvgIpc) is 2.84. The molecule has 0 amide bonds. The Morgan fingerprint density at radius 1 is 0.656 bits per heavy atom. The fourth-order valence-corrected chi connectivity index (χ4v) is 8.37. The summed E-state index contributed by atoms with van der Waals surface area (Å²) in [6, 6.07) is 30.9. The predicted molar refractivity (Wildman–Crippen MR) is 126 cm³/mol. The van der Waals surface area contributed by atoms with Crippen molar-refractivity contribution in [3.63, 3.8) is 0 Å². The number of hydrogen-bond acceptors (Lipinski definition) is 3. The maximum atomic E-state index is 14.9. The molecular formula is C25H21FNO3PS. The average molecular weight is 465 g/mol. The molecule has 0 aliphatic rings. The van der Waals surface area contributed by atoms with E-state index in [1.54, 1.807) is 78.9 Å². The van der Waals surface area contributed by atoms with Crippen LogP contribution < -0.4 is 15.3 Å². The van der Waals surface area contributed by atoms with Crippen LogP contribution >= 0.6 is 7.14 Å². The highest BCUT2D eigenvalue weighted by atomic mass is 32.2. The summed E-state index contributed by atoms with van der Waals surface area (Å²) in [5.74, 6) is -1.61. The quantitative estimate of drug-likeness (QED) is 0.398. The van der Waals surface area contributed by atoms with Gasteiger partial charge in [-0.05, 0) is 29.8 Å². The fraction of sp³-hybridized carbons (Fsp3) is 0.0400. The third-order valence-electron chi connectivity index (χ3n) is 5.15. The van der Waals surface area contributed by atoms with E-state index in [4.69, 9.17) is 0 Å². The lowest BCUT2D eigenvalue weighted by Crippen LogP contribution is -2.34. The van der Waals surface area contributed by atoms with Gasteiger partial charge in [0.1, 0.15) is 11.6 Å². The van der Waals surface area contributed by atoms with Gasteiger partial charge in [-0.25, -0.2) is 12.8 Å². The van der Waals surface area contributed by atoms with Crippen LogP contribution in [0.4, 0.5) is 4.39 Å². The normalized spacial score (nSPS) is 12.9. The van der Waals surface area contributed by atoms with Crippen LogP contribution in [0.25, 0.3) is 0 Å². The van der Waals surface area contributed by atoms with Crippen molar-refractivity contribution in [3.05, 3.63) is 127 Å². The van der Waals surface area contributed by atoms with E-state index in [1.165, 1.54) is 36.4 Å². The summed E-state index contributed by atoms with van der Waals surface area (Å²) in [4.78, 5) is 0.0554. The van der Waals surface area contributed by atoms with Crippen molar-refractivity contribution >= 4 is 27.8 Å². The van der Waals surface area contributed by atoms with Gasteiger partial charge in [-0.3, -0.25) is 0 Å². The Bertz CT molecular complexity index is 1290. The lowest BCUT2D eigenvalue weighted by atomic mass is 10.2. The molecule has 0 aromatic heterocycles. The predicted octanol–water partition coefficient (Wildman–Crippen LogP) is 4.82. The van der Waals surface area contributed by atoms with Crippen LogP contribution in [0.3, 0.4) is 0 Å². The zero-order valence-electron chi connectivity index (χ0n) is 17.0. The smallest absolute Gasteiger partial charge is 0.241 e. The minimum absolute atomic E-state index is 0.0554. The number of nitrogens with one attached hydrogen (secondary N) is 1. The van der Waals surface area contributed by atoms with Gasteiger partial charge >= 0.3 is 0 Å². The van der Waals surface area contributed by atoms with Crippen LogP contribution in [0.5, 0.6) is 0 Å². The number of rotatable bonds is 7. The zero-order chi connectivity index (χ0) is 22.6. The highest BCUT2D eigenvalue weighted by molar-refractivity contribution is 7.90. The second kappa shape index (κ2) is 9.21. The Kier molecular flexibility index (Phi) is 6.38. The van der Waals surface area contributed by atoms with Gasteiger partial charge in [0, 0.05) is 10.6 Å². The number of sulfonamides is 1. The maximum Gasteiger partial charge on any atom is 0.241 e. The van der Waals surface area contributed by atoms with E-state index in [1.807, 2.05) is 0 Å². The van der Waals surface area contributed by atoms with Crippen molar-refractivity contribution in [2.45, 2.75) is 10.7 Å². The first-order valence-corrected chi connectivity index (χ1v) is 13.2. The van der Waals surface area contributed by atoms with Crippen LogP contribution in [-0.4, -0.2) is 8.42 Å². The van der Waals surface area contributed by atoms with Gasteiger partial charge in [0.15, 0.2) is 7.14 Å². The summed E-state index contributed by atoms with van der Waals surface area (Å²) in [7, 11) is -7.63. The summed E-state index contributed by atoms with van der Waals surface area (Å²) >= 11 is 0. The molecule has 0 aliphatic carbocycles. The number of halogens is 1. The minimum Gasteiger partial charge on any atom is -0.312 e. The summed E-state index contributed by atoms with van der Waals surface area (Å²) < 4.78 is 57.8. The highest BCUT2D eigenvalue weighted by Gasteiger charge is 2.40. The van der Waals surface area contributed by atoms with Crippen molar-refractivity contribution in [3.8, 4) is 0 Å². The fourth-order valence-electron chi connectivity index (χ4n) is 3.56. The molecule has 0 spiro atoms. The molecule has 162 valence electrons. The summed E-state index contributed by atoms with van der Waals surface area (Å²) in [6.07, 6.45) is 0. The largest absolute Gasteiger partial charge is 0.312 e. The van der Waals surface area contributed by atoms with Crippen molar-refractivity contribution in [2.75, 3.05) is 0 Å². The van der Waals surface area contributed by atoms with E-state index in [0.29, 0.717) is 16.2 Å². The zero-order valence-corrected chi connectivity index (χ0v) is 18.7. The Hall–Kier alpha value is -3.05. The SMILES string of the molecule is O=P(c1ccccc1)(c1ccccc1)[C@@H](NS(=O)(=O)c1ccccc1)c1ccc(F)cc1. The number of benzene rings is 4. The summed E-state index contributed by atoms with van der Waals surface area (Å²) in [6.45, 7) is 0. The Morgan fingerprint density at radius 3 is 1.56 bits per heavy atom. The molecule has 0 heterocycles. The van der Waals surface area contributed by atoms with Crippen molar-refractivity contribution in [1.82, 2.24) is 4.72 Å². The molecule has 0 fully saturated rings. The van der Waals surface area contributed by atoms with E-state index in [0.717, 1.165) is 0 Å². The lowest BCUT2D eigenvalue weighted by Gasteiger charge is -2.30. The Labute approximate surface area is 187 Å². The van der Waals surface area contributed by atoms with Gasteiger partial charge < -0.3 is 4.57 Å². The molecule has 7 heteroatoms. The van der Waals surface area contributed by atoms with E-state index >= 15 is 0 Å². The molecule has 4 nitrogen and oxygen atoms in total. The molecule has 0 bridgehead atoms. The molecular weight excluding hydrogens is 444 g/mol. The van der Waals surface area contributed by atoms with Crippen molar-refractivity contribution in [2.24, 2.45) is 0 Å². The molecule has 4 rings (SSSR count). The Morgan fingerprint density at radius 2 is 1.09 bits per heavy atom. The van der Waals surface area contributed by atoms with E-state index < -0.39 is 28.8 Å². The molecule has 4 aromatic rings. The lowest BCUT2D eigenvalue weighted by molar-refractivity contribution is 0.560. The molecule has 0 unspecified atom stereocenters. The maximum absolute atomic E-state index is 14.9. The molecule has 1 atom stereocenters. The van der Waals surface area contributed by atoms with Crippen LogP contribution in [0.15, 0.2) is 120 Å². The van der Waals surface area contributed by atoms with Crippen molar-refractivity contribution in [1.29, 1.82) is 0 Å². The van der Waals surface area contributed by atoms with E-state index in [-0.39, 0.29) is 4.90 Å². The second-order valence-corrected chi connectivity index (χ2v) is 11.8. The molecule has 0 radical (unpaired) electrons. The molecule has 0 saturated heterocycles. The van der Waals surface area contributed by atoms with Gasteiger partial charge in [-0.2, -0.15) is 4.72 Å². The van der Waals surface area contributed by atoms with Gasteiger partial charge in [0.2, 0.25) is 10.0 Å². The van der Waals surface area contributed by atoms with Crippen molar-refractivity contribution < 1.29 is 17.4 Å². The Balaban J connectivity index is 1.94. The summed E-state index contributed by atoms with van der Waals surface area (Å²) in [5, 5.41) is 0.993.